The predicted molar refractivity (Wildman–Crippen MR) is 111 cm³/mol. The molecule has 0 aliphatic carbocycles. The fourth-order valence-electron chi connectivity index (χ4n) is 3.87. The van der Waals surface area contributed by atoms with Gasteiger partial charge in [-0.3, -0.25) is 0 Å². The van der Waals surface area contributed by atoms with E-state index in [0.29, 0.717) is 49.1 Å². The highest BCUT2D eigenvalue weighted by atomic mass is 35.5. The second-order valence-electron chi connectivity index (χ2n) is 6.77. The van der Waals surface area contributed by atoms with E-state index < -0.39 is 6.09 Å². The van der Waals surface area contributed by atoms with E-state index in [0.717, 1.165) is 27.9 Å². The minimum Gasteiger partial charge on any atom is -0.492 e. The number of fused-ring (bicyclic) bond motifs is 3. The number of halogens is 2. The molecule has 0 bridgehead atoms. The van der Waals surface area contributed by atoms with Gasteiger partial charge in [0.25, 0.3) is 0 Å². The van der Waals surface area contributed by atoms with E-state index in [1.165, 1.54) is 4.90 Å². The van der Waals surface area contributed by atoms with Crippen LogP contribution in [0.3, 0.4) is 0 Å². The molecule has 146 valence electrons. The molecule has 0 fully saturated rings. The summed E-state index contributed by atoms with van der Waals surface area (Å²) >= 11 is 12.9. The van der Waals surface area contributed by atoms with Crippen molar-refractivity contribution in [3.8, 4) is 5.75 Å². The summed E-state index contributed by atoms with van der Waals surface area (Å²) in [5.41, 5.74) is 3.16. The van der Waals surface area contributed by atoms with Gasteiger partial charge in [0.15, 0.2) is 0 Å². The van der Waals surface area contributed by atoms with Gasteiger partial charge in [0.2, 0.25) is 0 Å². The molecule has 0 saturated heterocycles. The molecule has 3 aromatic rings. The summed E-state index contributed by atoms with van der Waals surface area (Å²) in [5.74, 6) is 0.811. The first-order chi connectivity index (χ1) is 13.6. The van der Waals surface area contributed by atoms with Crippen molar-refractivity contribution in [1.82, 2.24) is 9.47 Å². The minimum absolute atomic E-state index is 0.462. The number of aromatic nitrogens is 1. The summed E-state index contributed by atoms with van der Waals surface area (Å²) < 4.78 is 8.02. The molecule has 4 rings (SSSR count). The van der Waals surface area contributed by atoms with E-state index in [1.807, 2.05) is 36.4 Å². The first kappa shape index (κ1) is 19.0. The highest BCUT2D eigenvalue weighted by molar-refractivity contribution is 6.45. The normalized spacial score (nSPS) is 14.0. The van der Waals surface area contributed by atoms with Gasteiger partial charge in [-0.15, -0.1) is 0 Å². The Morgan fingerprint density at radius 2 is 1.82 bits per heavy atom. The highest BCUT2D eigenvalue weighted by Crippen LogP contribution is 2.37. The molecule has 0 saturated carbocycles. The van der Waals surface area contributed by atoms with Crippen LogP contribution in [0.5, 0.6) is 5.75 Å². The summed E-state index contributed by atoms with van der Waals surface area (Å²) in [6, 6.07) is 13.4. The molecule has 28 heavy (non-hydrogen) atoms. The summed E-state index contributed by atoms with van der Waals surface area (Å²) in [6.07, 6.45) is 0.410. The lowest BCUT2D eigenvalue weighted by atomic mass is 10.1. The Balaban J connectivity index is 1.69. The zero-order valence-electron chi connectivity index (χ0n) is 15.2. The summed E-state index contributed by atoms with van der Waals surface area (Å²) in [4.78, 5) is 12.9. The van der Waals surface area contributed by atoms with Crippen LogP contribution in [-0.4, -0.2) is 40.4 Å². The van der Waals surface area contributed by atoms with Crippen molar-refractivity contribution < 1.29 is 14.6 Å². The van der Waals surface area contributed by atoms with Crippen molar-refractivity contribution in [3.63, 3.8) is 0 Å². The molecule has 1 aliphatic rings. The first-order valence-electron chi connectivity index (χ1n) is 9.20. The second kappa shape index (κ2) is 7.94. The molecule has 0 atom stereocenters. The fourth-order valence-corrected chi connectivity index (χ4v) is 4.29. The van der Waals surface area contributed by atoms with Gasteiger partial charge in [0.05, 0.1) is 22.1 Å². The average molecular weight is 419 g/mol. The van der Waals surface area contributed by atoms with Crippen molar-refractivity contribution in [3.05, 3.63) is 63.8 Å². The molecule has 0 radical (unpaired) electrons. The third-order valence-corrected chi connectivity index (χ3v) is 5.98. The van der Waals surface area contributed by atoms with Crippen molar-refractivity contribution in [2.75, 3.05) is 19.7 Å². The van der Waals surface area contributed by atoms with Crippen LogP contribution in [0, 0.1) is 0 Å². The molecule has 0 unspecified atom stereocenters. The molecule has 2 aromatic carbocycles. The standard InChI is InChI=1S/C21H20Cl2N2O3/c22-17-7-6-16-15-8-10-24(21(26)27)11-9-18(15)25(20(16)19(17)23)12-13-28-14-4-2-1-3-5-14/h1-7H,8-13H2,(H,26,27). The van der Waals surface area contributed by atoms with Gasteiger partial charge < -0.3 is 19.3 Å². The maximum atomic E-state index is 11.4. The van der Waals surface area contributed by atoms with Gasteiger partial charge in [0, 0.05) is 30.6 Å². The number of amides is 1. The van der Waals surface area contributed by atoms with Crippen LogP contribution in [0.2, 0.25) is 10.0 Å². The number of carboxylic acid groups (broad SMARTS) is 1. The van der Waals surface area contributed by atoms with E-state index in [2.05, 4.69) is 4.57 Å². The third-order valence-electron chi connectivity index (χ3n) is 5.19. The summed E-state index contributed by atoms with van der Waals surface area (Å²) in [5, 5.41) is 11.5. The molecular weight excluding hydrogens is 399 g/mol. The Morgan fingerprint density at radius 3 is 2.57 bits per heavy atom. The Labute approximate surface area is 173 Å². The molecule has 7 heteroatoms. The van der Waals surface area contributed by atoms with Crippen molar-refractivity contribution >= 4 is 40.2 Å². The van der Waals surface area contributed by atoms with E-state index in [9.17, 15) is 9.90 Å². The monoisotopic (exact) mass is 418 g/mol. The SMILES string of the molecule is O=C(O)N1CCc2c(n(CCOc3ccccc3)c3c(Cl)c(Cl)ccc23)CC1. The summed E-state index contributed by atoms with van der Waals surface area (Å²) in [7, 11) is 0. The van der Waals surface area contributed by atoms with Crippen molar-refractivity contribution in [2.24, 2.45) is 0 Å². The molecule has 5 nitrogen and oxygen atoms in total. The van der Waals surface area contributed by atoms with Gasteiger partial charge in [-0.2, -0.15) is 0 Å². The highest BCUT2D eigenvalue weighted by Gasteiger charge is 2.25. The molecule has 1 N–H and O–H groups in total. The van der Waals surface area contributed by atoms with Crippen LogP contribution in [0.1, 0.15) is 11.3 Å². The quantitative estimate of drug-likeness (QED) is 0.640. The van der Waals surface area contributed by atoms with Crippen molar-refractivity contribution in [2.45, 2.75) is 19.4 Å². The van der Waals surface area contributed by atoms with Gasteiger partial charge in [0.1, 0.15) is 12.4 Å². The van der Waals surface area contributed by atoms with Crippen molar-refractivity contribution in [1.29, 1.82) is 0 Å². The molecule has 1 amide bonds. The molecule has 1 aliphatic heterocycles. The lowest BCUT2D eigenvalue weighted by molar-refractivity contribution is 0.147. The van der Waals surface area contributed by atoms with Crippen LogP contribution in [0.15, 0.2) is 42.5 Å². The van der Waals surface area contributed by atoms with E-state index in [-0.39, 0.29) is 0 Å². The number of para-hydroxylation sites is 1. The third kappa shape index (κ3) is 3.52. The Morgan fingerprint density at radius 1 is 1.07 bits per heavy atom. The van der Waals surface area contributed by atoms with Gasteiger partial charge in [-0.05, 0) is 30.2 Å². The zero-order chi connectivity index (χ0) is 19.7. The number of ether oxygens (including phenoxy) is 1. The number of nitrogens with zero attached hydrogens (tertiary/aromatic N) is 2. The topological polar surface area (TPSA) is 54.7 Å². The van der Waals surface area contributed by atoms with Gasteiger partial charge in [-0.1, -0.05) is 47.5 Å². The molecular formula is C21H20Cl2N2O3. The number of hydrogen-bond acceptors (Lipinski definition) is 2. The second-order valence-corrected chi connectivity index (χ2v) is 7.55. The van der Waals surface area contributed by atoms with Crippen LogP contribution in [-0.2, 0) is 19.4 Å². The van der Waals surface area contributed by atoms with Gasteiger partial charge in [-0.25, -0.2) is 4.79 Å². The maximum Gasteiger partial charge on any atom is 0.407 e. The number of benzene rings is 2. The smallest absolute Gasteiger partial charge is 0.407 e. The number of rotatable bonds is 4. The summed E-state index contributed by atoms with van der Waals surface area (Å²) in [6.45, 7) is 2.02. The molecule has 1 aromatic heterocycles. The van der Waals surface area contributed by atoms with Crippen LogP contribution in [0.25, 0.3) is 10.9 Å². The van der Waals surface area contributed by atoms with Crippen LogP contribution >= 0.6 is 23.2 Å². The van der Waals surface area contributed by atoms with Gasteiger partial charge >= 0.3 is 6.09 Å². The molecule has 0 spiro atoms. The number of carbonyl (C=O) groups is 1. The van der Waals surface area contributed by atoms with Crippen LogP contribution in [0.4, 0.5) is 4.79 Å². The van der Waals surface area contributed by atoms with E-state index in [1.54, 1.807) is 6.07 Å². The molecule has 2 heterocycles. The first-order valence-corrected chi connectivity index (χ1v) is 9.95. The minimum atomic E-state index is -0.880. The lowest BCUT2D eigenvalue weighted by Crippen LogP contribution is -2.31. The maximum absolute atomic E-state index is 11.4. The fraction of sp³-hybridized carbons (Fsp3) is 0.286. The number of hydrogen-bond donors (Lipinski definition) is 1. The predicted octanol–water partition coefficient (Wildman–Crippen LogP) is 5.11. The Kier molecular flexibility index (Phi) is 5.38. The average Bonchev–Trinajstić information content (AvgIpc) is 2.84. The Bertz CT molecular complexity index is 1020. The lowest BCUT2D eigenvalue weighted by Gasteiger charge is -2.17. The van der Waals surface area contributed by atoms with Crippen LogP contribution < -0.4 is 4.74 Å². The Hall–Kier alpha value is -2.37. The largest absolute Gasteiger partial charge is 0.492 e. The zero-order valence-corrected chi connectivity index (χ0v) is 16.7. The van der Waals surface area contributed by atoms with E-state index in [4.69, 9.17) is 27.9 Å². The van der Waals surface area contributed by atoms with E-state index >= 15 is 0 Å².